The number of methoxy groups -OCH3 is 1. The van der Waals surface area contributed by atoms with Crippen LogP contribution < -0.4 is 15.4 Å². The Labute approximate surface area is 117 Å². The number of primary amides is 1. The number of nitrogens with zero attached hydrogens (tertiary/aromatic N) is 2. The van der Waals surface area contributed by atoms with Crippen molar-refractivity contribution >= 4 is 18.3 Å². The summed E-state index contributed by atoms with van der Waals surface area (Å²) >= 11 is 0. The van der Waals surface area contributed by atoms with Crippen LogP contribution in [0.2, 0.25) is 12.6 Å². The highest BCUT2D eigenvalue weighted by molar-refractivity contribution is 6.67. The first-order valence-electron chi connectivity index (χ1n) is 6.38. The number of ether oxygens (including phenoxy) is 1. The maximum absolute atomic E-state index is 14.0. The van der Waals surface area contributed by atoms with Crippen molar-refractivity contribution in [2.24, 2.45) is 5.73 Å². The maximum atomic E-state index is 14.0. The van der Waals surface area contributed by atoms with E-state index < -0.39 is 11.7 Å². The molecular weight excluding hydrogens is 260 g/mol. The van der Waals surface area contributed by atoms with Crippen molar-refractivity contribution in [1.29, 1.82) is 5.26 Å². The first-order valence-corrected chi connectivity index (χ1v) is 6.38. The minimum Gasteiger partial charge on any atom is -0.496 e. The molecule has 0 aliphatic carbocycles. The number of hydrogen-bond acceptors (Lipinski definition) is 4. The van der Waals surface area contributed by atoms with Crippen molar-refractivity contribution in [3.63, 3.8) is 0 Å². The zero-order valence-corrected chi connectivity index (χ0v) is 11.2. The number of benzene rings is 1. The Kier molecular flexibility index (Phi) is 4.13. The average molecular weight is 275 g/mol. The topological polar surface area (TPSA) is 79.3 Å². The fourth-order valence-electron chi connectivity index (χ4n) is 2.42. The Hall–Kier alpha value is -2.23. The van der Waals surface area contributed by atoms with Gasteiger partial charge in [-0.2, -0.15) is 0 Å². The molecule has 0 bridgehead atoms. The van der Waals surface area contributed by atoms with Gasteiger partial charge in [0.15, 0.2) is 0 Å². The standard InChI is InChI=1S/C13H15BFN3O2/c1-20-11-7-9(6-10(15)12(11)13(17)19)18-4-2-14(8-16)3-5-18/h6-7H,2-5H2,1H3,(H2,17,19). The SMILES string of the molecule is COc1cc(N2CCB(C#N)CC2)cc(F)c1C(N)=O. The van der Waals surface area contributed by atoms with Gasteiger partial charge >= 0.3 is 0 Å². The van der Waals surface area contributed by atoms with Gasteiger partial charge in [0.25, 0.3) is 12.6 Å². The van der Waals surface area contributed by atoms with Gasteiger partial charge in [0.05, 0.1) is 7.11 Å². The number of halogens is 1. The molecule has 0 spiro atoms. The Balaban J connectivity index is 2.28. The largest absolute Gasteiger partial charge is 0.496 e. The van der Waals surface area contributed by atoms with Gasteiger partial charge in [-0.25, -0.2) is 9.65 Å². The number of carbonyl (C=O) groups is 1. The molecule has 7 heteroatoms. The summed E-state index contributed by atoms with van der Waals surface area (Å²) < 4.78 is 19.0. The summed E-state index contributed by atoms with van der Waals surface area (Å²) in [7, 11) is 1.37. The van der Waals surface area contributed by atoms with E-state index in [-0.39, 0.29) is 18.0 Å². The third-order valence-electron chi connectivity index (χ3n) is 3.55. The zero-order chi connectivity index (χ0) is 14.7. The van der Waals surface area contributed by atoms with Gasteiger partial charge < -0.3 is 15.4 Å². The number of nitriles is 1. The predicted molar refractivity (Wildman–Crippen MR) is 74.7 cm³/mol. The smallest absolute Gasteiger partial charge is 0.271 e. The lowest BCUT2D eigenvalue weighted by Gasteiger charge is -2.30. The quantitative estimate of drug-likeness (QED) is 0.843. The molecule has 20 heavy (non-hydrogen) atoms. The van der Waals surface area contributed by atoms with Gasteiger partial charge in [0.2, 0.25) is 0 Å². The van der Waals surface area contributed by atoms with Gasteiger partial charge in [0, 0.05) is 30.8 Å². The lowest BCUT2D eigenvalue weighted by molar-refractivity contribution is 0.0993. The maximum Gasteiger partial charge on any atom is 0.271 e. The number of rotatable bonds is 3. The lowest BCUT2D eigenvalue weighted by Crippen LogP contribution is -2.36. The Morgan fingerprint density at radius 3 is 2.65 bits per heavy atom. The summed E-state index contributed by atoms with van der Waals surface area (Å²) in [5, 5.41) is 8.87. The van der Waals surface area contributed by atoms with Crippen LogP contribution in [0.4, 0.5) is 10.1 Å². The van der Waals surface area contributed by atoms with Crippen LogP contribution in [-0.2, 0) is 0 Å². The number of anilines is 1. The molecule has 0 unspecified atom stereocenters. The molecule has 1 saturated heterocycles. The third kappa shape index (κ3) is 2.69. The molecule has 0 saturated carbocycles. The van der Waals surface area contributed by atoms with Crippen LogP contribution in [0.5, 0.6) is 5.75 Å². The van der Waals surface area contributed by atoms with Crippen LogP contribution in [0.25, 0.3) is 0 Å². The fraction of sp³-hybridized carbons (Fsp3) is 0.385. The number of nitrogens with two attached hydrogens (primary N) is 1. The number of amides is 1. The molecule has 2 rings (SSSR count). The van der Waals surface area contributed by atoms with E-state index in [0.29, 0.717) is 18.8 Å². The molecule has 1 aliphatic heterocycles. The predicted octanol–water partition coefficient (Wildman–Crippen LogP) is 1.31. The van der Waals surface area contributed by atoms with E-state index in [1.165, 1.54) is 13.2 Å². The van der Waals surface area contributed by atoms with E-state index in [2.05, 4.69) is 5.97 Å². The van der Waals surface area contributed by atoms with Crippen LogP contribution in [0.1, 0.15) is 10.4 Å². The Bertz CT molecular complexity index is 565. The van der Waals surface area contributed by atoms with E-state index in [1.807, 2.05) is 4.90 Å². The third-order valence-corrected chi connectivity index (χ3v) is 3.55. The lowest BCUT2D eigenvalue weighted by atomic mass is 9.45. The molecule has 0 radical (unpaired) electrons. The summed E-state index contributed by atoms with van der Waals surface area (Å²) in [4.78, 5) is 13.2. The minimum atomic E-state index is -0.853. The van der Waals surface area contributed by atoms with Gasteiger partial charge in [0.1, 0.15) is 17.1 Å². The highest BCUT2D eigenvalue weighted by Crippen LogP contribution is 2.30. The molecule has 2 N–H and O–H groups in total. The molecular formula is C13H15BFN3O2. The van der Waals surface area contributed by atoms with Crippen LogP contribution >= 0.6 is 0 Å². The highest BCUT2D eigenvalue weighted by Gasteiger charge is 2.25. The molecule has 1 aliphatic rings. The Morgan fingerprint density at radius 1 is 1.50 bits per heavy atom. The summed E-state index contributed by atoms with van der Waals surface area (Å²) in [6.45, 7) is 1.41. The molecule has 1 fully saturated rings. The van der Waals surface area contributed by atoms with Gasteiger partial charge in [-0.15, -0.1) is 0 Å². The second-order valence-corrected chi connectivity index (χ2v) is 4.76. The van der Waals surface area contributed by atoms with Crippen LogP contribution in [0, 0.1) is 17.0 Å². The molecule has 1 aromatic carbocycles. The molecule has 0 aromatic heterocycles. The molecule has 5 nitrogen and oxygen atoms in total. The van der Waals surface area contributed by atoms with Gasteiger partial charge in [-0.1, -0.05) is 0 Å². The van der Waals surface area contributed by atoms with E-state index in [1.54, 1.807) is 6.07 Å². The van der Waals surface area contributed by atoms with Crippen molar-refractivity contribution in [2.45, 2.75) is 12.6 Å². The molecule has 1 heterocycles. The molecule has 0 atom stereocenters. The zero-order valence-electron chi connectivity index (χ0n) is 11.2. The van der Waals surface area contributed by atoms with Crippen molar-refractivity contribution in [2.75, 3.05) is 25.1 Å². The van der Waals surface area contributed by atoms with Crippen LogP contribution in [0.3, 0.4) is 0 Å². The first kappa shape index (κ1) is 14.2. The van der Waals surface area contributed by atoms with E-state index in [0.717, 1.165) is 12.6 Å². The summed E-state index contributed by atoms with van der Waals surface area (Å²) in [5.74, 6) is 0.843. The summed E-state index contributed by atoms with van der Waals surface area (Å²) in [6.07, 6.45) is 1.50. The second-order valence-electron chi connectivity index (χ2n) is 4.76. The fourth-order valence-corrected chi connectivity index (χ4v) is 2.42. The molecule has 1 aromatic rings. The average Bonchev–Trinajstić information content (AvgIpc) is 2.46. The van der Waals surface area contributed by atoms with Crippen molar-refractivity contribution in [3.8, 4) is 11.7 Å². The van der Waals surface area contributed by atoms with Gasteiger partial charge in [-0.3, -0.25) is 4.79 Å². The second kappa shape index (κ2) is 5.82. The van der Waals surface area contributed by atoms with Crippen molar-refractivity contribution < 1.29 is 13.9 Å². The van der Waals surface area contributed by atoms with Crippen LogP contribution in [-0.4, -0.2) is 32.8 Å². The highest BCUT2D eigenvalue weighted by atomic mass is 19.1. The first-order chi connectivity index (χ1) is 9.56. The summed E-state index contributed by atoms with van der Waals surface area (Å²) in [5.41, 5.74) is 5.55. The van der Waals surface area contributed by atoms with Crippen LogP contribution in [0.15, 0.2) is 12.1 Å². The summed E-state index contributed by atoms with van der Waals surface area (Å²) in [6, 6.07) is 2.89. The van der Waals surface area contributed by atoms with E-state index in [4.69, 9.17) is 15.7 Å². The van der Waals surface area contributed by atoms with E-state index in [9.17, 15) is 9.18 Å². The monoisotopic (exact) mass is 275 g/mol. The number of carbonyl (C=O) groups excluding carboxylic acids is 1. The molecule has 104 valence electrons. The Morgan fingerprint density at radius 2 is 2.15 bits per heavy atom. The van der Waals surface area contributed by atoms with E-state index >= 15 is 0 Å². The van der Waals surface area contributed by atoms with Crippen molar-refractivity contribution in [1.82, 2.24) is 0 Å². The van der Waals surface area contributed by atoms with Crippen molar-refractivity contribution in [3.05, 3.63) is 23.5 Å². The molecule has 1 amide bonds. The normalized spacial score (nSPS) is 14.8. The van der Waals surface area contributed by atoms with Gasteiger partial charge in [-0.05, 0) is 18.7 Å². The minimum absolute atomic E-state index is 0.0582. The number of hydrogen-bond donors (Lipinski definition) is 1.